The van der Waals surface area contributed by atoms with Gasteiger partial charge in [0, 0.05) is 29.2 Å². The van der Waals surface area contributed by atoms with Gasteiger partial charge in [0.15, 0.2) is 0 Å². The number of aliphatic hydroxyl groups is 1. The van der Waals surface area contributed by atoms with Crippen molar-refractivity contribution in [2.45, 2.75) is 6.54 Å². The Morgan fingerprint density at radius 3 is 3.00 bits per heavy atom. The molecule has 1 heterocycles. The van der Waals surface area contributed by atoms with Crippen molar-refractivity contribution in [2.75, 3.05) is 20.2 Å². The lowest BCUT2D eigenvalue weighted by Crippen LogP contribution is -2.21. The summed E-state index contributed by atoms with van der Waals surface area (Å²) < 4.78 is 0. The molecule has 0 saturated heterocycles. The summed E-state index contributed by atoms with van der Waals surface area (Å²) in [6.45, 7) is 1.53. The molecule has 4 nitrogen and oxygen atoms in total. The summed E-state index contributed by atoms with van der Waals surface area (Å²) in [4.78, 5) is 2.04. The standard InChI is InChI=1S/C13H16ClN3O/c1-17(5-6-18)9-11-8-15-16-13(11)10-3-2-4-12(14)7-10/h2-4,7-8,18H,5-6,9H2,1H3,(H,15,16). The van der Waals surface area contributed by atoms with Gasteiger partial charge in [-0.3, -0.25) is 10.00 Å². The predicted molar refractivity (Wildman–Crippen MR) is 72.5 cm³/mol. The van der Waals surface area contributed by atoms with Crippen LogP contribution in [0.2, 0.25) is 5.02 Å². The maximum Gasteiger partial charge on any atom is 0.0695 e. The highest BCUT2D eigenvalue weighted by Gasteiger charge is 2.10. The molecule has 0 fully saturated rings. The topological polar surface area (TPSA) is 52.1 Å². The molecular weight excluding hydrogens is 250 g/mol. The minimum atomic E-state index is 0.154. The van der Waals surface area contributed by atoms with E-state index in [4.69, 9.17) is 16.7 Å². The third-order valence-corrected chi connectivity index (χ3v) is 2.99. The minimum absolute atomic E-state index is 0.154. The first-order valence-corrected chi connectivity index (χ1v) is 6.16. The second-order valence-corrected chi connectivity index (χ2v) is 4.68. The molecule has 0 spiro atoms. The number of rotatable bonds is 5. The van der Waals surface area contributed by atoms with Crippen LogP contribution in [0.15, 0.2) is 30.5 Å². The van der Waals surface area contributed by atoms with Gasteiger partial charge in [-0.15, -0.1) is 0 Å². The van der Waals surface area contributed by atoms with Crippen LogP contribution in [-0.2, 0) is 6.54 Å². The van der Waals surface area contributed by atoms with Crippen LogP contribution in [0, 0.1) is 0 Å². The van der Waals surface area contributed by atoms with Gasteiger partial charge in [-0.05, 0) is 19.2 Å². The molecule has 0 bridgehead atoms. The zero-order valence-electron chi connectivity index (χ0n) is 10.2. The molecule has 0 amide bonds. The summed E-state index contributed by atoms with van der Waals surface area (Å²) in [5.74, 6) is 0. The van der Waals surface area contributed by atoms with Gasteiger partial charge in [-0.25, -0.2) is 0 Å². The van der Waals surface area contributed by atoms with E-state index in [1.807, 2.05) is 42.4 Å². The Labute approximate surface area is 111 Å². The highest BCUT2D eigenvalue weighted by Crippen LogP contribution is 2.24. The summed E-state index contributed by atoms with van der Waals surface area (Å²) in [6, 6.07) is 7.66. The van der Waals surface area contributed by atoms with Crippen molar-refractivity contribution >= 4 is 11.6 Å². The van der Waals surface area contributed by atoms with Crippen LogP contribution in [-0.4, -0.2) is 40.4 Å². The number of nitrogens with zero attached hydrogens (tertiary/aromatic N) is 2. The monoisotopic (exact) mass is 265 g/mol. The van der Waals surface area contributed by atoms with Crippen LogP contribution < -0.4 is 0 Å². The summed E-state index contributed by atoms with van der Waals surface area (Å²) in [7, 11) is 1.96. The van der Waals surface area contributed by atoms with Gasteiger partial charge in [0.2, 0.25) is 0 Å². The number of nitrogens with one attached hydrogen (secondary N) is 1. The molecule has 5 heteroatoms. The number of aromatic nitrogens is 2. The average Bonchev–Trinajstić information content (AvgIpc) is 2.77. The molecule has 1 aromatic heterocycles. The summed E-state index contributed by atoms with van der Waals surface area (Å²) in [5, 5.41) is 16.7. The molecule has 18 heavy (non-hydrogen) atoms. The first kappa shape index (κ1) is 13.1. The van der Waals surface area contributed by atoms with E-state index in [2.05, 4.69) is 10.2 Å². The smallest absolute Gasteiger partial charge is 0.0695 e. The van der Waals surface area contributed by atoms with Crippen molar-refractivity contribution in [1.82, 2.24) is 15.1 Å². The second kappa shape index (κ2) is 6.00. The van der Waals surface area contributed by atoms with E-state index in [1.54, 1.807) is 0 Å². The lowest BCUT2D eigenvalue weighted by Gasteiger charge is -2.14. The number of aromatic amines is 1. The molecule has 0 atom stereocenters. The first-order chi connectivity index (χ1) is 8.70. The normalized spacial score (nSPS) is 11.1. The number of benzene rings is 1. The number of H-pyrrole nitrogens is 1. The van der Waals surface area contributed by atoms with Crippen molar-refractivity contribution < 1.29 is 5.11 Å². The number of hydrogen-bond donors (Lipinski definition) is 2. The molecule has 1 aromatic carbocycles. The van der Waals surface area contributed by atoms with Crippen molar-refractivity contribution in [3.8, 4) is 11.3 Å². The van der Waals surface area contributed by atoms with Crippen molar-refractivity contribution in [3.05, 3.63) is 41.0 Å². The zero-order chi connectivity index (χ0) is 13.0. The lowest BCUT2D eigenvalue weighted by atomic mass is 10.1. The van der Waals surface area contributed by atoms with Crippen molar-refractivity contribution in [1.29, 1.82) is 0 Å². The van der Waals surface area contributed by atoms with Gasteiger partial charge >= 0.3 is 0 Å². The SMILES string of the molecule is CN(CCO)Cc1cn[nH]c1-c1cccc(Cl)c1. The summed E-state index contributed by atoms with van der Waals surface area (Å²) in [5.41, 5.74) is 3.09. The molecule has 96 valence electrons. The van der Waals surface area contributed by atoms with E-state index in [0.29, 0.717) is 11.6 Å². The summed E-state index contributed by atoms with van der Waals surface area (Å²) >= 11 is 5.99. The Hall–Kier alpha value is -1.36. The molecule has 0 aliphatic rings. The van der Waals surface area contributed by atoms with Crippen LogP contribution in [0.1, 0.15) is 5.56 Å². The maximum atomic E-state index is 8.91. The van der Waals surface area contributed by atoms with Gasteiger partial charge in [-0.1, -0.05) is 23.7 Å². The largest absolute Gasteiger partial charge is 0.395 e. The molecule has 0 radical (unpaired) electrons. The van der Waals surface area contributed by atoms with Crippen LogP contribution in [0.25, 0.3) is 11.3 Å². The quantitative estimate of drug-likeness (QED) is 0.871. The van der Waals surface area contributed by atoms with E-state index in [1.165, 1.54) is 0 Å². The number of halogens is 1. The van der Waals surface area contributed by atoms with Crippen LogP contribution >= 0.6 is 11.6 Å². The van der Waals surface area contributed by atoms with Gasteiger partial charge in [0.05, 0.1) is 18.5 Å². The fraction of sp³-hybridized carbons (Fsp3) is 0.308. The fourth-order valence-electron chi connectivity index (χ4n) is 1.87. The summed E-state index contributed by atoms with van der Waals surface area (Å²) in [6.07, 6.45) is 1.81. The Balaban J connectivity index is 2.22. The number of aliphatic hydroxyl groups excluding tert-OH is 1. The Kier molecular flexibility index (Phi) is 4.36. The van der Waals surface area contributed by atoms with Crippen LogP contribution in [0.3, 0.4) is 0 Å². The third kappa shape index (κ3) is 3.10. The molecule has 2 rings (SSSR count). The Bertz CT molecular complexity index is 512. The predicted octanol–water partition coefficient (Wildman–Crippen LogP) is 2.15. The highest BCUT2D eigenvalue weighted by molar-refractivity contribution is 6.30. The number of hydrogen-bond acceptors (Lipinski definition) is 3. The molecule has 2 N–H and O–H groups in total. The third-order valence-electron chi connectivity index (χ3n) is 2.75. The van der Waals surface area contributed by atoms with E-state index in [-0.39, 0.29) is 6.61 Å². The maximum absolute atomic E-state index is 8.91. The lowest BCUT2D eigenvalue weighted by molar-refractivity contribution is 0.217. The second-order valence-electron chi connectivity index (χ2n) is 4.24. The first-order valence-electron chi connectivity index (χ1n) is 5.78. The molecule has 0 unspecified atom stereocenters. The van der Waals surface area contributed by atoms with E-state index in [9.17, 15) is 0 Å². The Morgan fingerprint density at radius 1 is 1.44 bits per heavy atom. The highest BCUT2D eigenvalue weighted by atomic mass is 35.5. The van der Waals surface area contributed by atoms with E-state index < -0.39 is 0 Å². The van der Waals surface area contributed by atoms with Crippen molar-refractivity contribution in [2.24, 2.45) is 0 Å². The van der Waals surface area contributed by atoms with Gasteiger partial charge < -0.3 is 5.11 Å². The van der Waals surface area contributed by atoms with E-state index >= 15 is 0 Å². The van der Waals surface area contributed by atoms with Gasteiger partial charge in [-0.2, -0.15) is 5.10 Å². The van der Waals surface area contributed by atoms with Gasteiger partial charge in [0.1, 0.15) is 0 Å². The molecule has 0 aliphatic heterocycles. The van der Waals surface area contributed by atoms with Crippen LogP contribution in [0.5, 0.6) is 0 Å². The number of likely N-dealkylation sites (N-methyl/N-ethyl adjacent to an activating group) is 1. The van der Waals surface area contributed by atoms with Gasteiger partial charge in [0.25, 0.3) is 0 Å². The van der Waals surface area contributed by atoms with Crippen LogP contribution in [0.4, 0.5) is 0 Å². The zero-order valence-corrected chi connectivity index (χ0v) is 11.0. The average molecular weight is 266 g/mol. The van der Waals surface area contributed by atoms with Crippen molar-refractivity contribution in [3.63, 3.8) is 0 Å². The fourth-order valence-corrected chi connectivity index (χ4v) is 2.06. The molecule has 2 aromatic rings. The molecular formula is C13H16ClN3O. The Morgan fingerprint density at radius 2 is 2.28 bits per heavy atom. The van der Waals surface area contributed by atoms with E-state index in [0.717, 1.165) is 23.4 Å². The molecule has 0 aliphatic carbocycles. The minimum Gasteiger partial charge on any atom is -0.395 e. The molecule has 0 saturated carbocycles.